The van der Waals surface area contributed by atoms with Crippen LogP contribution in [0.3, 0.4) is 0 Å². The Morgan fingerprint density at radius 2 is 2.13 bits per heavy atom. The van der Waals surface area contributed by atoms with E-state index < -0.39 is 0 Å². The van der Waals surface area contributed by atoms with Crippen LogP contribution in [-0.4, -0.2) is 11.0 Å². The molecule has 78 valence electrons. The molecule has 0 spiro atoms. The topological polar surface area (TPSA) is 38.9 Å². The molecule has 0 bridgehead atoms. The molecule has 0 amide bonds. The van der Waals surface area contributed by atoms with Gasteiger partial charge in [-0.1, -0.05) is 25.1 Å². The van der Waals surface area contributed by atoms with Gasteiger partial charge in [0.1, 0.15) is 0 Å². The first-order valence-corrected chi connectivity index (χ1v) is 5.39. The first-order valence-electron chi connectivity index (χ1n) is 5.39. The molecule has 0 aliphatic carbocycles. The van der Waals surface area contributed by atoms with Crippen LogP contribution >= 0.6 is 0 Å². The zero-order valence-corrected chi connectivity index (χ0v) is 8.98. The summed E-state index contributed by atoms with van der Waals surface area (Å²) in [4.78, 5) is 4.33. The molecule has 2 aromatic rings. The molecule has 2 heteroatoms. The lowest BCUT2D eigenvalue weighted by Gasteiger charge is -2.10. The maximum atomic E-state index is 5.98. The molecule has 0 fully saturated rings. The minimum absolute atomic E-state index is 0.246. The van der Waals surface area contributed by atoms with E-state index in [1.807, 2.05) is 24.4 Å². The predicted molar refractivity (Wildman–Crippen MR) is 63.7 cm³/mol. The molecule has 0 aliphatic heterocycles. The van der Waals surface area contributed by atoms with Crippen molar-refractivity contribution < 1.29 is 0 Å². The molecule has 1 aromatic heterocycles. The van der Waals surface area contributed by atoms with Gasteiger partial charge >= 0.3 is 0 Å². The van der Waals surface area contributed by atoms with E-state index in [0.717, 1.165) is 18.4 Å². The van der Waals surface area contributed by atoms with Gasteiger partial charge in [0.05, 0.1) is 5.52 Å². The van der Waals surface area contributed by atoms with Crippen LogP contribution in [0.4, 0.5) is 0 Å². The maximum Gasteiger partial charge on any atom is 0.0704 e. The van der Waals surface area contributed by atoms with E-state index in [0.29, 0.717) is 0 Å². The molecule has 2 N–H and O–H groups in total. The number of pyridine rings is 1. The van der Waals surface area contributed by atoms with Gasteiger partial charge in [0.25, 0.3) is 0 Å². The third-order valence-electron chi connectivity index (χ3n) is 2.74. The zero-order chi connectivity index (χ0) is 10.7. The summed E-state index contributed by atoms with van der Waals surface area (Å²) in [5.74, 6) is 0. The number of aromatic nitrogens is 1. The van der Waals surface area contributed by atoms with E-state index >= 15 is 0 Å². The number of rotatable bonds is 3. The Morgan fingerprint density at radius 1 is 1.27 bits per heavy atom. The summed E-state index contributed by atoms with van der Waals surface area (Å²) in [6, 6.07) is 10.6. The molecule has 2 nitrogen and oxygen atoms in total. The van der Waals surface area contributed by atoms with Crippen LogP contribution in [0.25, 0.3) is 10.9 Å². The normalized spacial score (nSPS) is 12.9. The van der Waals surface area contributed by atoms with E-state index in [2.05, 4.69) is 24.0 Å². The van der Waals surface area contributed by atoms with E-state index in [-0.39, 0.29) is 6.04 Å². The van der Waals surface area contributed by atoms with E-state index in [1.165, 1.54) is 10.9 Å². The van der Waals surface area contributed by atoms with E-state index in [9.17, 15) is 0 Å². The first kappa shape index (κ1) is 10.1. The molecule has 0 radical (unpaired) electrons. The van der Waals surface area contributed by atoms with Crippen LogP contribution in [0.2, 0.25) is 0 Å². The number of hydrogen-bond donors (Lipinski definition) is 1. The van der Waals surface area contributed by atoms with Gasteiger partial charge in [-0.3, -0.25) is 4.98 Å². The van der Waals surface area contributed by atoms with Crippen molar-refractivity contribution in [2.75, 3.05) is 0 Å². The van der Waals surface area contributed by atoms with Crippen molar-refractivity contribution in [2.45, 2.75) is 25.8 Å². The molecular weight excluding hydrogens is 184 g/mol. The minimum Gasteiger partial charge on any atom is -0.327 e. The fourth-order valence-corrected chi connectivity index (χ4v) is 1.77. The minimum atomic E-state index is 0.246. The molecule has 1 aromatic carbocycles. The molecule has 0 saturated heterocycles. The zero-order valence-electron chi connectivity index (χ0n) is 8.98. The van der Waals surface area contributed by atoms with Gasteiger partial charge in [0.15, 0.2) is 0 Å². The fraction of sp³-hybridized carbons (Fsp3) is 0.308. The van der Waals surface area contributed by atoms with Crippen LogP contribution < -0.4 is 5.73 Å². The Bertz CT molecular complexity index is 446. The summed E-state index contributed by atoms with van der Waals surface area (Å²) >= 11 is 0. The lowest BCUT2D eigenvalue weighted by Crippen LogP contribution is -2.21. The van der Waals surface area contributed by atoms with Gasteiger partial charge in [-0.25, -0.2) is 0 Å². The van der Waals surface area contributed by atoms with Crippen molar-refractivity contribution >= 4 is 10.9 Å². The number of nitrogens with zero attached hydrogens (tertiary/aromatic N) is 1. The summed E-state index contributed by atoms with van der Waals surface area (Å²) in [5, 5.41) is 1.23. The highest BCUT2D eigenvalue weighted by molar-refractivity contribution is 5.81. The summed E-state index contributed by atoms with van der Waals surface area (Å²) in [7, 11) is 0. The van der Waals surface area contributed by atoms with Gasteiger partial charge in [-0.05, 0) is 30.5 Å². The Morgan fingerprint density at radius 3 is 2.93 bits per heavy atom. The van der Waals surface area contributed by atoms with Crippen molar-refractivity contribution in [3.63, 3.8) is 0 Å². The summed E-state index contributed by atoms with van der Waals surface area (Å²) in [6.45, 7) is 2.12. The van der Waals surface area contributed by atoms with Gasteiger partial charge in [0, 0.05) is 17.6 Å². The van der Waals surface area contributed by atoms with Crippen LogP contribution in [0.5, 0.6) is 0 Å². The largest absolute Gasteiger partial charge is 0.327 e. The number of nitrogens with two attached hydrogens (primary N) is 1. The third-order valence-corrected chi connectivity index (χ3v) is 2.74. The second-order valence-corrected chi connectivity index (χ2v) is 3.86. The number of fused-ring (bicyclic) bond motifs is 1. The lowest BCUT2D eigenvalue weighted by atomic mass is 10.0. The van der Waals surface area contributed by atoms with Crippen molar-refractivity contribution in [3.8, 4) is 0 Å². The van der Waals surface area contributed by atoms with Crippen molar-refractivity contribution in [3.05, 3.63) is 42.1 Å². The van der Waals surface area contributed by atoms with Crippen molar-refractivity contribution in [1.82, 2.24) is 4.98 Å². The molecule has 0 aliphatic rings. The lowest BCUT2D eigenvalue weighted by molar-refractivity contribution is 0.649. The van der Waals surface area contributed by atoms with Gasteiger partial charge in [-0.2, -0.15) is 0 Å². The number of hydrogen-bond acceptors (Lipinski definition) is 2. The van der Waals surface area contributed by atoms with Crippen LogP contribution in [0.15, 0.2) is 36.5 Å². The highest BCUT2D eigenvalue weighted by Crippen LogP contribution is 2.17. The SMILES string of the molecule is CCC(N)Cc1cccc2ncccc12. The molecule has 1 atom stereocenters. The second-order valence-electron chi connectivity index (χ2n) is 3.86. The van der Waals surface area contributed by atoms with E-state index in [4.69, 9.17) is 5.73 Å². The van der Waals surface area contributed by atoms with Crippen LogP contribution in [0.1, 0.15) is 18.9 Å². The quantitative estimate of drug-likeness (QED) is 0.826. The van der Waals surface area contributed by atoms with Gasteiger partial charge in [0.2, 0.25) is 0 Å². The molecule has 1 heterocycles. The fourth-order valence-electron chi connectivity index (χ4n) is 1.77. The Balaban J connectivity index is 2.42. The molecular formula is C13H16N2. The highest BCUT2D eigenvalue weighted by Gasteiger charge is 2.05. The first-order chi connectivity index (χ1) is 7.31. The Hall–Kier alpha value is -1.41. The standard InChI is InChI=1S/C13H16N2/c1-2-11(14)9-10-5-3-7-13-12(10)6-4-8-15-13/h3-8,11H,2,9,14H2,1H3. The summed E-state index contributed by atoms with van der Waals surface area (Å²) < 4.78 is 0. The van der Waals surface area contributed by atoms with Gasteiger partial charge < -0.3 is 5.73 Å². The molecule has 15 heavy (non-hydrogen) atoms. The summed E-state index contributed by atoms with van der Waals surface area (Å²) in [6.07, 6.45) is 3.77. The van der Waals surface area contributed by atoms with Crippen LogP contribution in [-0.2, 0) is 6.42 Å². The average molecular weight is 200 g/mol. The van der Waals surface area contributed by atoms with Crippen LogP contribution in [0, 0.1) is 0 Å². The average Bonchev–Trinajstić information content (AvgIpc) is 2.29. The predicted octanol–water partition coefficient (Wildman–Crippen LogP) is 2.51. The summed E-state index contributed by atoms with van der Waals surface area (Å²) in [5.41, 5.74) is 8.33. The Labute approximate surface area is 90.1 Å². The second kappa shape index (κ2) is 4.41. The third kappa shape index (κ3) is 2.16. The number of benzene rings is 1. The molecule has 1 unspecified atom stereocenters. The molecule has 0 saturated carbocycles. The monoisotopic (exact) mass is 200 g/mol. The maximum absolute atomic E-state index is 5.98. The molecule has 2 rings (SSSR count). The smallest absolute Gasteiger partial charge is 0.0704 e. The van der Waals surface area contributed by atoms with Crippen molar-refractivity contribution in [1.29, 1.82) is 0 Å². The van der Waals surface area contributed by atoms with Crippen molar-refractivity contribution in [2.24, 2.45) is 5.73 Å². The van der Waals surface area contributed by atoms with Gasteiger partial charge in [-0.15, -0.1) is 0 Å². The van der Waals surface area contributed by atoms with E-state index in [1.54, 1.807) is 0 Å². The highest BCUT2D eigenvalue weighted by atomic mass is 14.6. The Kier molecular flexibility index (Phi) is 2.97.